The number of halogens is 1. The second-order valence-corrected chi connectivity index (χ2v) is 5.69. The van der Waals surface area contributed by atoms with Crippen molar-refractivity contribution in [2.45, 2.75) is 13.2 Å². The lowest BCUT2D eigenvalue weighted by atomic mass is 10.2. The fraction of sp³-hybridized carbons (Fsp3) is 0.333. The van der Waals surface area contributed by atoms with Gasteiger partial charge >= 0.3 is 0 Å². The Hall–Kier alpha value is -1.07. The second-order valence-electron chi connectivity index (χ2n) is 4.25. The first-order valence-corrected chi connectivity index (χ1v) is 7.69. The van der Waals surface area contributed by atoms with Crippen molar-refractivity contribution in [2.75, 3.05) is 20.3 Å². The first kappa shape index (κ1) is 15.3. The number of nitrogens with one attached hydrogen (secondary N) is 1. The maximum absolute atomic E-state index is 6.25. The maximum Gasteiger partial charge on any atom is 0.125 e. The van der Waals surface area contributed by atoms with Gasteiger partial charge in [-0.05, 0) is 23.6 Å². The van der Waals surface area contributed by atoms with Crippen molar-refractivity contribution >= 4 is 22.9 Å². The topological polar surface area (TPSA) is 30.5 Å². The Morgan fingerprint density at radius 1 is 1.25 bits per heavy atom. The number of methoxy groups -OCH3 is 1. The van der Waals surface area contributed by atoms with E-state index in [0.29, 0.717) is 19.8 Å². The van der Waals surface area contributed by atoms with Gasteiger partial charge in [-0.15, -0.1) is 11.3 Å². The van der Waals surface area contributed by atoms with Crippen LogP contribution in [0.25, 0.3) is 0 Å². The third kappa shape index (κ3) is 4.49. The third-order valence-corrected chi connectivity index (χ3v) is 4.01. The summed E-state index contributed by atoms with van der Waals surface area (Å²) >= 11 is 7.94. The second kappa shape index (κ2) is 8.27. The number of hydrogen-bond donors (Lipinski definition) is 1. The Bertz CT molecular complexity index is 517. The van der Waals surface area contributed by atoms with Gasteiger partial charge < -0.3 is 14.8 Å². The van der Waals surface area contributed by atoms with E-state index in [1.807, 2.05) is 29.6 Å². The van der Waals surface area contributed by atoms with Gasteiger partial charge in [0.05, 0.1) is 6.61 Å². The molecule has 0 spiro atoms. The minimum Gasteiger partial charge on any atom is -0.488 e. The van der Waals surface area contributed by atoms with E-state index in [4.69, 9.17) is 21.1 Å². The average Bonchev–Trinajstić information content (AvgIpc) is 2.96. The fourth-order valence-electron chi connectivity index (χ4n) is 1.78. The van der Waals surface area contributed by atoms with Gasteiger partial charge in [0.1, 0.15) is 12.4 Å². The minimum absolute atomic E-state index is 0.572. The molecule has 2 rings (SSSR count). The summed E-state index contributed by atoms with van der Waals surface area (Å²) in [7, 11) is 1.69. The summed E-state index contributed by atoms with van der Waals surface area (Å²) in [5.74, 6) is 0.829. The van der Waals surface area contributed by atoms with E-state index in [0.717, 1.165) is 22.9 Å². The zero-order valence-electron chi connectivity index (χ0n) is 11.4. The van der Waals surface area contributed by atoms with Crippen LogP contribution in [0.15, 0.2) is 35.7 Å². The highest BCUT2D eigenvalue weighted by Crippen LogP contribution is 2.27. The molecule has 0 radical (unpaired) electrons. The molecule has 0 aliphatic carbocycles. The van der Waals surface area contributed by atoms with Crippen molar-refractivity contribution < 1.29 is 9.47 Å². The van der Waals surface area contributed by atoms with Crippen molar-refractivity contribution in [2.24, 2.45) is 0 Å². The van der Waals surface area contributed by atoms with Gasteiger partial charge in [-0.1, -0.05) is 23.7 Å². The van der Waals surface area contributed by atoms with Crippen molar-refractivity contribution in [1.82, 2.24) is 5.32 Å². The summed E-state index contributed by atoms with van der Waals surface area (Å²) in [6.07, 6.45) is 0. The van der Waals surface area contributed by atoms with E-state index in [-0.39, 0.29) is 0 Å². The van der Waals surface area contributed by atoms with Crippen molar-refractivity contribution in [3.05, 3.63) is 51.2 Å². The van der Waals surface area contributed by atoms with Gasteiger partial charge in [0.15, 0.2) is 0 Å². The van der Waals surface area contributed by atoms with E-state index in [2.05, 4.69) is 11.4 Å². The Labute approximate surface area is 128 Å². The molecule has 0 atom stereocenters. The molecule has 0 unspecified atom stereocenters. The Morgan fingerprint density at radius 2 is 2.15 bits per heavy atom. The van der Waals surface area contributed by atoms with Crippen molar-refractivity contribution in [3.63, 3.8) is 0 Å². The lowest BCUT2D eigenvalue weighted by Crippen LogP contribution is -2.19. The Kier molecular flexibility index (Phi) is 6.33. The van der Waals surface area contributed by atoms with Gasteiger partial charge in [-0.25, -0.2) is 0 Å². The number of thiophene rings is 1. The molecule has 1 aromatic carbocycles. The molecule has 0 saturated heterocycles. The number of rotatable bonds is 8. The molecule has 5 heteroatoms. The molecule has 2 aromatic rings. The van der Waals surface area contributed by atoms with Crippen LogP contribution in [-0.4, -0.2) is 20.3 Å². The zero-order chi connectivity index (χ0) is 14.2. The van der Waals surface area contributed by atoms with Crippen molar-refractivity contribution in [3.8, 4) is 5.75 Å². The molecular formula is C15H18ClNO2S. The molecule has 0 fully saturated rings. The van der Waals surface area contributed by atoms with Crippen LogP contribution < -0.4 is 10.1 Å². The van der Waals surface area contributed by atoms with Crippen LogP contribution >= 0.6 is 22.9 Å². The van der Waals surface area contributed by atoms with E-state index in [1.165, 1.54) is 4.88 Å². The summed E-state index contributed by atoms with van der Waals surface area (Å²) in [6, 6.07) is 9.82. The highest BCUT2D eigenvalue weighted by molar-refractivity contribution is 7.09. The van der Waals surface area contributed by atoms with E-state index in [1.54, 1.807) is 18.4 Å². The highest BCUT2D eigenvalue weighted by atomic mass is 35.5. The first-order valence-electron chi connectivity index (χ1n) is 6.43. The minimum atomic E-state index is 0.572. The van der Waals surface area contributed by atoms with Crippen LogP contribution in [0, 0.1) is 0 Å². The SMILES string of the molecule is COCCNCc1c(Cl)cccc1OCc1cccs1. The normalized spacial score (nSPS) is 10.7. The first-order chi connectivity index (χ1) is 9.81. The van der Waals surface area contributed by atoms with Crippen molar-refractivity contribution in [1.29, 1.82) is 0 Å². The fourth-order valence-corrected chi connectivity index (χ4v) is 2.63. The van der Waals surface area contributed by atoms with Crippen LogP contribution in [0.4, 0.5) is 0 Å². The summed E-state index contributed by atoms with van der Waals surface area (Å²) in [4.78, 5) is 1.20. The summed E-state index contributed by atoms with van der Waals surface area (Å²) < 4.78 is 10.9. The van der Waals surface area contributed by atoms with Gasteiger partial charge in [0, 0.05) is 35.7 Å². The van der Waals surface area contributed by atoms with Crippen LogP contribution in [0.3, 0.4) is 0 Å². The molecular weight excluding hydrogens is 294 g/mol. The van der Waals surface area contributed by atoms with E-state index >= 15 is 0 Å². The van der Waals surface area contributed by atoms with Crippen LogP contribution in [0.1, 0.15) is 10.4 Å². The van der Waals surface area contributed by atoms with Gasteiger partial charge in [-0.3, -0.25) is 0 Å². The summed E-state index contributed by atoms with van der Waals surface area (Å²) in [6.45, 7) is 2.70. The number of benzene rings is 1. The van der Waals surface area contributed by atoms with E-state index < -0.39 is 0 Å². The molecule has 0 saturated carbocycles. The lowest BCUT2D eigenvalue weighted by Gasteiger charge is -2.13. The van der Waals surface area contributed by atoms with Crippen LogP contribution in [-0.2, 0) is 17.9 Å². The zero-order valence-corrected chi connectivity index (χ0v) is 13.0. The van der Waals surface area contributed by atoms with E-state index in [9.17, 15) is 0 Å². The quantitative estimate of drug-likeness (QED) is 0.754. The molecule has 0 aliphatic heterocycles. The predicted molar refractivity (Wildman–Crippen MR) is 83.7 cm³/mol. The molecule has 3 nitrogen and oxygen atoms in total. The summed E-state index contributed by atoms with van der Waals surface area (Å²) in [5.41, 5.74) is 0.988. The maximum atomic E-state index is 6.25. The molecule has 1 heterocycles. The molecule has 0 aliphatic rings. The molecule has 0 amide bonds. The smallest absolute Gasteiger partial charge is 0.125 e. The van der Waals surface area contributed by atoms with Gasteiger partial charge in [0.2, 0.25) is 0 Å². The van der Waals surface area contributed by atoms with Gasteiger partial charge in [-0.2, -0.15) is 0 Å². The van der Waals surface area contributed by atoms with Crippen LogP contribution in [0.2, 0.25) is 5.02 Å². The molecule has 1 aromatic heterocycles. The Morgan fingerprint density at radius 3 is 2.90 bits per heavy atom. The molecule has 20 heavy (non-hydrogen) atoms. The molecule has 1 N–H and O–H groups in total. The number of hydrogen-bond acceptors (Lipinski definition) is 4. The third-order valence-electron chi connectivity index (χ3n) is 2.81. The largest absolute Gasteiger partial charge is 0.488 e. The molecule has 0 bridgehead atoms. The standard InChI is InChI=1S/C15H18ClNO2S/c1-18-8-7-17-10-13-14(16)5-2-6-15(13)19-11-12-4-3-9-20-12/h2-6,9,17H,7-8,10-11H2,1H3. The summed E-state index contributed by atoms with van der Waals surface area (Å²) in [5, 5.41) is 6.06. The lowest BCUT2D eigenvalue weighted by molar-refractivity contribution is 0.199. The van der Waals surface area contributed by atoms with Crippen LogP contribution in [0.5, 0.6) is 5.75 Å². The van der Waals surface area contributed by atoms with Gasteiger partial charge in [0.25, 0.3) is 0 Å². The Balaban J connectivity index is 1.98. The number of ether oxygens (including phenoxy) is 2. The average molecular weight is 312 g/mol. The highest BCUT2D eigenvalue weighted by Gasteiger charge is 2.08. The predicted octanol–water partition coefficient (Wildman–Crippen LogP) is 3.72. The molecule has 108 valence electrons. The monoisotopic (exact) mass is 311 g/mol.